The molecule has 4 rings (SSSR count). The number of fused-ring (bicyclic) bond motifs is 1. The SMILES string of the molecule is C#Cc1ccc2c(c1)N(C)C(=O)[C@@H](n1nc(C(N)=O)nc1Cc1ccccc1)CO2. The van der Waals surface area contributed by atoms with Gasteiger partial charge in [0.1, 0.15) is 18.2 Å². The minimum atomic E-state index is -0.823. The van der Waals surface area contributed by atoms with Gasteiger partial charge in [0, 0.05) is 19.0 Å². The van der Waals surface area contributed by atoms with Crippen molar-refractivity contribution < 1.29 is 14.3 Å². The first-order chi connectivity index (χ1) is 14.5. The van der Waals surface area contributed by atoms with E-state index in [0.717, 1.165) is 5.56 Å². The van der Waals surface area contributed by atoms with Crippen molar-refractivity contribution in [3.63, 3.8) is 0 Å². The molecule has 1 atom stereocenters. The predicted molar refractivity (Wildman–Crippen MR) is 110 cm³/mol. The monoisotopic (exact) mass is 401 g/mol. The van der Waals surface area contributed by atoms with E-state index in [0.29, 0.717) is 29.2 Å². The number of carbonyl (C=O) groups is 2. The highest BCUT2D eigenvalue weighted by Gasteiger charge is 2.34. The molecule has 1 aliphatic rings. The maximum Gasteiger partial charge on any atom is 0.288 e. The maximum atomic E-state index is 13.3. The number of carbonyl (C=O) groups excluding carboxylic acids is 2. The number of likely N-dealkylation sites (N-methyl/N-ethyl adjacent to an activating group) is 1. The van der Waals surface area contributed by atoms with Crippen LogP contribution in [-0.2, 0) is 11.2 Å². The largest absolute Gasteiger partial charge is 0.489 e. The molecule has 2 amide bonds. The van der Waals surface area contributed by atoms with E-state index in [-0.39, 0.29) is 18.3 Å². The van der Waals surface area contributed by atoms with Crippen LogP contribution in [0.4, 0.5) is 5.69 Å². The zero-order valence-corrected chi connectivity index (χ0v) is 16.3. The van der Waals surface area contributed by atoms with E-state index in [2.05, 4.69) is 16.0 Å². The molecule has 2 aromatic carbocycles. The molecule has 2 N–H and O–H groups in total. The maximum absolute atomic E-state index is 13.3. The summed E-state index contributed by atoms with van der Waals surface area (Å²) in [6, 6.07) is 13.9. The van der Waals surface area contributed by atoms with Gasteiger partial charge in [0.25, 0.3) is 11.8 Å². The summed E-state index contributed by atoms with van der Waals surface area (Å²) in [6.07, 6.45) is 5.86. The number of hydrogen-bond donors (Lipinski definition) is 1. The molecule has 0 saturated carbocycles. The summed E-state index contributed by atoms with van der Waals surface area (Å²) in [5, 5.41) is 4.22. The van der Waals surface area contributed by atoms with Crippen molar-refractivity contribution >= 4 is 17.5 Å². The van der Waals surface area contributed by atoms with E-state index >= 15 is 0 Å². The molecular weight excluding hydrogens is 382 g/mol. The van der Waals surface area contributed by atoms with E-state index in [1.54, 1.807) is 25.2 Å². The van der Waals surface area contributed by atoms with Gasteiger partial charge in [-0.2, -0.15) is 0 Å². The second kappa shape index (κ2) is 7.72. The molecule has 3 aromatic rings. The molecule has 2 heterocycles. The lowest BCUT2D eigenvalue weighted by Gasteiger charge is -2.21. The van der Waals surface area contributed by atoms with Gasteiger partial charge in [-0.1, -0.05) is 36.3 Å². The number of hydrogen-bond acceptors (Lipinski definition) is 5. The van der Waals surface area contributed by atoms with Crippen molar-refractivity contribution in [1.82, 2.24) is 14.8 Å². The zero-order valence-electron chi connectivity index (χ0n) is 16.3. The summed E-state index contributed by atoms with van der Waals surface area (Å²) in [5.41, 5.74) is 7.55. The number of benzene rings is 2. The van der Waals surface area contributed by atoms with Crippen molar-refractivity contribution in [3.05, 3.63) is 71.3 Å². The summed E-state index contributed by atoms with van der Waals surface area (Å²) in [4.78, 5) is 30.7. The summed E-state index contributed by atoms with van der Waals surface area (Å²) < 4.78 is 7.33. The van der Waals surface area contributed by atoms with Crippen LogP contribution >= 0.6 is 0 Å². The quantitative estimate of drug-likeness (QED) is 0.668. The Hall–Kier alpha value is -4.12. The Kier molecular flexibility index (Phi) is 4.94. The van der Waals surface area contributed by atoms with E-state index in [4.69, 9.17) is 16.9 Å². The number of amides is 2. The first-order valence-corrected chi connectivity index (χ1v) is 9.28. The normalized spacial score (nSPS) is 15.7. The number of ether oxygens (including phenoxy) is 1. The Morgan fingerprint density at radius 1 is 1.30 bits per heavy atom. The summed E-state index contributed by atoms with van der Waals surface area (Å²) >= 11 is 0. The highest BCUT2D eigenvalue weighted by molar-refractivity contribution is 5.98. The van der Waals surface area contributed by atoms with Gasteiger partial charge in [-0.25, -0.2) is 9.67 Å². The molecule has 1 aromatic heterocycles. The van der Waals surface area contributed by atoms with E-state index in [1.807, 2.05) is 30.3 Å². The molecule has 0 fully saturated rings. The number of nitrogens with two attached hydrogens (primary N) is 1. The Bertz CT molecular complexity index is 1160. The molecule has 0 radical (unpaired) electrons. The van der Waals surface area contributed by atoms with Crippen molar-refractivity contribution in [3.8, 4) is 18.1 Å². The second-order valence-electron chi connectivity index (χ2n) is 6.87. The van der Waals surface area contributed by atoms with E-state index < -0.39 is 11.9 Å². The first kappa shape index (κ1) is 19.2. The highest BCUT2D eigenvalue weighted by atomic mass is 16.5. The van der Waals surface area contributed by atoms with Crippen LogP contribution in [0.3, 0.4) is 0 Å². The third-order valence-electron chi connectivity index (χ3n) is 4.92. The van der Waals surface area contributed by atoms with Crippen LogP contribution in [0.1, 0.15) is 33.6 Å². The average molecular weight is 401 g/mol. The molecule has 30 heavy (non-hydrogen) atoms. The van der Waals surface area contributed by atoms with Crippen molar-refractivity contribution in [2.24, 2.45) is 5.73 Å². The summed E-state index contributed by atoms with van der Waals surface area (Å²) in [7, 11) is 1.64. The van der Waals surface area contributed by atoms with Gasteiger partial charge < -0.3 is 15.4 Å². The topological polar surface area (TPSA) is 103 Å². The molecule has 0 spiro atoms. The molecule has 0 aliphatic carbocycles. The molecule has 0 saturated heterocycles. The fourth-order valence-corrected chi connectivity index (χ4v) is 3.36. The van der Waals surface area contributed by atoms with Crippen LogP contribution in [0.2, 0.25) is 0 Å². The number of terminal acetylenes is 1. The minimum absolute atomic E-state index is 0.0227. The molecule has 150 valence electrons. The van der Waals surface area contributed by atoms with Crippen molar-refractivity contribution in [2.75, 3.05) is 18.6 Å². The van der Waals surface area contributed by atoms with Crippen molar-refractivity contribution in [2.45, 2.75) is 12.5 Å². The van der Waals surface area contributed by atoms with Gasteiger partial charge in [-0.15, -0.1) is 11.5 Å². The molecule has 0 bridgehead atoms. The van der Waals surface area contributed by atoms with Gasteiger partial charge in [0.15, 0.2) is 6.04 Å². The smallest absolute Gasteiger partial charge is 0.288 e. The minimum Gasteiger partial charge on any atom is -0.489 e. The number of rotatable bonds is 4. The number of primary amides is 1. The van der Waals surface area contributed by atoms with Crippen LogP contribution in [0.5, 0.6) is 5.75 Å². The zero-order chi connectivity index (χ0) is 21.3. The molecule has 8 nitrogen and oxygen atoms in total. The lowest BCUT2D eigenvalue weighted by atomic mass is 10.1. The van der Waals surface area contributed by atoms with Gasteiger partial charge >= 0.3 is 0 Å². The highest BCUT2D eigenvalue weighted by Crippen LogP contribution is 2.34. The van der Waals surface area contributed by atoms with Gasteiger partial charge in [0.2, 0.25) is 5.82 Å². The fraction of sp³-hybridized carbons (Fsp3) is 0.182. The molecule has 0 unspecified atom stereocenters. The van der Waals surface area contributed by atoms with Crippen LogP contribution in [0, 0.1) is 12.3 Å². The van der Waals surface area contributed by atoms with Crippen LogP contribution in [0.25, 0.3) is 0 Å². The Morgan fingerprint density at radius 3 is 2.77 bits per heavy atom. The summed E-state index contributed by atoms with van der Waals surface area (Å²) in [5.74, 6) is 2.36. The Morgan fingerprint density at radius 2 is 2.07 bits per heavy atom. The third kappa shape index (κ3) is 3.49. The molecular formula is C22H19N5O3. The Labute approximate surface area is 173 Å². The van der Waals surface area contributed by atoms with Crippen LogP contribution in [0.15, 0.2) is 48.5 Å². The first-order valence-electron chi connectivity index (χ1n) is 9.28. The fourth-order valence-electron chi connectivity index (χ4n) is 3.36. The standard InChI is InChI=1S/C22H19N5O3/c1-3-14-9-10-18-16(11-14)26(2)22(29)17(13-30-18)27-19(24-21(25-27)20(23)28)12-15-7-5-4-6-8-15/h1,4-11,17H,12-13H2,2H3,(H2,23,28)/t17-/m0/s1. The lowest BCUT2D eigenvalue weighted by Crippen LogP contribution is -2.36. The second-order valence-corrected chi connectivity index (χ2v) is 6.87. The van der Waals surface area contributed by atoms with Gasteiger partial charge in [-0.05, 0) is 23.8 Å². The number of anilines is 1. The number of nitrogens with zero attached hydrogens (tertiary/aromatic N) is 4. The molecule has 1 aliphatic heterocycles. The van der Waals surface area contributed by atoms with Gasteiger partial charge in [0.05, 0.1) is 5.69 Å². The lowest BCUT2D eigenvalue weighted by molar-refractivity contribution is -0.122. The summed E-state index contributed by atoms with van der Waals surface area (Å²) in [6.45, 7) is 0.0227. The number of aromatic nitrogens is 3. The van der Waals surface area contributed by atoms with Gasteiger partial charge in [-0.3, -0.25) is 9.59 Å². The van der Waals surface area contributed by atoms with E-state index in [1.165, 1.54) is 9.58 Å². The van der Waals surface area contributed by atoms with Crippen LogP contribution in [-0.4, -0.2) is 40.2 Å². The predicted octanol–water partition coefficient (Wildman–Crippen LogP) is 1.55. The van der Waals surface area contributed by atoms with Crippen LogP contribution < -0.4 is 15.4 Å². The van der Waals surface area contributed by atoms with E-state index in [9.17, 15) is 9.59 Å². The Balaban J connectivity index is 1.74. The molecule has 8 heteroatoms. The van der Waals surface area contributed by atoms with Crippen molar-refractivity contribution in [1.29, 1.82) is 0 Å². The third-order valence-corrected chi connectivity index (χ3v) is 4.92. The average Bonchev–Trinajstić information content (AvgIpc) is 3.12.